The number of aldehydes is 1. The van der Waals surface area contributed by atoms with Crippen LogP contribution in [0.1, 0.15) is 55.1 Å². The van der Waals surface area contributed by atoms with Crippen LogP contribution in [0.4, 0.5) is 0 Å². The molecule has 0 spiro atoms. The average Bonchev–Trinajstić information content (AvgIpc) is 2.48. The zero-order chi connectivity index (χ0) is 16.5. The molecule has 0 aromatic heterocycles. The van der Waals surface area contributed by atoms with Gasteiger partial charge >= 0.3 is 0 Å². The van der Waals surface area contributed by atoms with Gasteiger partial charge in [-0.3, -0.25) is 4.79 Å². The summed E-state index contributed by atoms with van der Waals surface area (Å²) in [7, 11) is 0. The van der Waals surface area contributed by atoms with E-state index >= 15 is 0 Å². The summed E-state index contributed by atoms with van der Waals surface area (Å²) in [4.78, 5) is 11.3. The first-order valence-electron chi connectivity index (χ1n) is 7.45. The lowest BCUT2D eigenvalue weighted by molar-refractivity contribution is 0.112. The normalized spacial score (nSPS) is 11.2. The smallest absolute Gasteiger partial charge is 0.154 e. The number of carbonyl (C=O) groups excluding carboxylic acids is 1. The lowest BCUT2D eigenvalue weighted by Crippen LogP contribution is -1.94. The third-order valence-corrected chi connectivity index (χ3v) is 3.30. The molecule has 1 aromatic rings. The van der Waals surface area contributed by atoms with Crippen LogP contribution in [0.2, 0.25) is 0 Å². The minimum absolute atomic E-state index is 0.0133. The summed E-state index contributed by atoms with van der Waals surface area (Å²) in [6.07, 6.45) is 12.3. The summed E-state index contributed by atoms with van der Waals surface area (Å²) in [6.45, 7) is 5.88. The van der Waals surface area contributed by atoms with Crippen LogP contribution in [0.3, 0.4) is 0 Å². The highest BCUT2D eigenvalue weighted by molar-refractivity contribution is 5.88. The first-order chi connectivity index (χ1) is 10.5. The molecule has 0 atom stereocenters. The van der Waals surface area contributed by atoms with Crippen LogP contribution in [0.25, 0.3) is 6.08 Å². The molecule has 0 heterocycles. The maximum absolute atomic E-state index is 11.3. The Balaban J connectivity index is 3.11. The molecule has 0 radical (unpaired) electrons. The lowest BCUT2D eigenvalue weighted by atomic mass is 9.98. The molecular weight excluding hydrogens is 276 g/mol. The van der Waals surface area contributed by atoms with E-state index in [0.717, 1.165) is 18.4 Å². The SMILES string of the molecule is C/C=C/CC/C=C/c1c(O)cc(CC=C(C)C)c(O)c1C=O. The number of hydrogen-bond acceptors (Lipinski definition) is 3. The summed E-state index contributed by atoms with van der Waals surface area (Å²) in [5.74, 6) is -0.0438. The Bertz CT molecular complexity index is 604. The highest BCUT2D eigenvalue weighted by atomic mass is 16.3. The summed E-state index contributed by atoms with van der Waals surface area (Å²) in [5, 5.41) is 20.4. The highest BCUT2D eigenvalue weighted by Crippen LogP contribution is 2.33. The maximum atomic E-state index is 11.3. The molecule has 3 nitrogen and oxygen atoms in total. The number of benzene rings is 1. The van der Waals surface area contributed by atoms with Gasteiger partial charge in [-0.05, 0) is 46.1 Å². The van der Waals surface area contributed by atoms with Crippen LogP contribution >= 0.6 is 0 Å². The Morgan fingerprint density at radius 3 is 2.41 bits per heavy atom. The predicted molar refractivity (Wildman–Crippen MR) is 91.4 cm³/mol. The largest absolute Gasteiger partial charge is 0.507 e. The van der Waals surface area contributed by atoms with Gasteiger partial charge in [0, 0.05) is 11.1 Å². The molecule has 0 saturated heterocycles. The Morgan fingerprint density at radius 1 is 1.14 bits per heavy atom. The molecular formula is C19H24O3. The van der Waals surface area contributed by atoms with Crippen molar-refractivity contribution in [1.82, 2.24) is 0 Å². The fourth-order valence-electron chi connectivity index (χ4n) is 2.07. The van der Waals surface area contributed by atoms with E-state index in [4.69, 9.17) is 0 Å². The summed E-state index contributed by atoms with van der Waals surface area (Å²) in [5.41, 5.74) is 2.17. The Kier molecular flexibility index (Phi) is 7.17. The molecule has 1 rings (SSSR count). The van der Waals surface area contributed by atoms with Crippen molar-refractivity contribution in [2.75, 3.05) is 0 Å². The lowest BCUT2D eigenvalue weighted by Gasteiger charge is -2.10. The van der Waals surface area contributed by atoms with Crippen LogP contribution in [0.5, 0.6) is 11.5 Å². The molecule has 3 heteroatoms. The molecule has 0 amide bonds. The van der Waals surface area contributed by atoms with Crippen molar-refractivity contribution in [3.8, 4) is 11.5 Å². The number of phenols is 2. The van der Waals surface area contributed by atoms with Gasteiger partial charge in [-0.25, -0.2) is 0 Å². The van der Waals surface area contributed by atoms with Gasteiger partial charge in [-0.15, -0.1) is 0 Å². The third kappa shape index (κ3) is 4.92. The number of carbonyl (C=O) groups is 1. The molecule has 0 aliphatic heterocycles. The third-order valence-electron chi connectivity index (χ3n) is 3.30. The fraction of sp³-hybridized carbons (Fsp3) is 0.316. The molecule has 0 fully saturated rings. The van der Waals surface area contributed by atoms with E-state index in [0.29, 0.717) is 23.8 Å². The van der Waals surface area contributed by atoms with Crippen LogP contribution in [-0.2, 0) is 6.42 Å². The molecule has 1 aromatic carbocycles. The second kappa shape index (κ2) is 8.88. The topological polar surface area (TPSA) is 57.5 Å². The van der Waals surface area contributed by atoms with Gasteiger partial charge in [-0.2, -0.15) is 0 Å². The van der Waals surface area contributed by atoms with Crippen molar-refractivity contribution < 1.29 is 15.0 Å². The average molecular weight is 300 g/mol. The van der Waals surface area contributed by atoms with E-state index in [2.05, 4.69) is 0 Å². The molecule has 0 aliphatic rings. The highest BCUT2D eigenvalue weighted by Gasteiger charge is 2.14. The standard InChI is InChI=1S/C19H24O3/c1-4-5-6-7-8-9-16-17(13-20)19(22)15(12-18(16)21)11-10-14(2)3/h4-5,8-10,12-13,21-22H,6-7,11H2,1-3H3/b5-4+,9-8+. The molecule has 118 valence electrons. The Morgan fingerprint density at radius 2 is 1.82 bits per heavy atom. The van der Waals surface area contributed by atoms with Gasteiger partial charge < -0.3 is 10.2 Å². The Hall–Kier alpha value is -2.29. The zero-order valence-electron chi connectivity index (χ0n) is 13.5. The number of aromatic hydroxyl groups is 2. The van der Waals surface area contributed by atoms with E-state index in [9.17, 15) is 15.0 Å². The van der Waals surface area contributed by atoms with E-state index in [1.54, 1.807) is 6.08 Å². The van der Waals surface area contributed by atoms with Crippen LogP contribution in [-0.4, -0.2) is 16.5 Å². The van der Waals surface area contributed by atoms with Crippen molar-refractivity contribution in [1.29, 1.82) is 0 Å². The van der Waals surface area contributed by atoms with Crippen molar-refractivity contribution in [2.24, 2.45) is 0 Å². The van der Waals surface area contributed by atoms with E-state index in [-0.39, 0.29) is 17.1 Å². The van der Waals surface area contributed by atoms with Gasteiger partial charge in [-0.1, -0.05) is 36.0 Å². The molecule has 0 unspecified atom stereocenters. The van der Waals surface area contributed by atoms with Gasteiger partial charge in [0.15, 0.2) is 6.29 Å². The van der Waals surface area contributed by atoms with Crippen LogP contribution in [0.15, 0.2) is 35.9 Å². The zero-order valence-corrected chi connectivity index (χ0v) is 13.5. The number of unbranched alkanes of at least 4 members (excludes halogenated alkanes) is 1. The van der Waals surface area contributed by atoms with Crippen molar-refractivity contribution >= 4 is 12.4 Å². The number of allylic oxidation sites excluding steroid dienone is 5. The van der Waals surface area contributed by atoms with E-state index in [1.165, 1.54) is 6.07 Å². The Labute approximate surface area is 132 Å². The first-order valence-corrected chi connectivity index (χ1v) is 7.45. The molecule has 2 N–H and O–H groups in total. The quantitative estimate of drug-likeness (QED) is 0.329. The monoisotopic (exact) mass is 300 g/mol. The predicted octanol–water partition coefficient (Wildman–Crippen LogP) is 4.79. The molecule has 0 bridgehead atoms. The summed E-state index contributed by atoms with van der Waals surface area (Å²) < 4.78 is 0. The maximum Gasteiger partial charge on any atom is 0.154 e. The second-order valence-electron chi connectivity index (χ2n) is 5.38. The van der Waals surface area contributed by atoms with Crippen LogP contribution < -0.4 is 0 Å². The van der Waals surface area contributed by atoms with Gasteiger partial charge in [0.05, 0.1) is 5.56 Å². The van der Waals surface area contributed by atoms with Gasteiger partial charge in [0.1, 0.15) is 11.5 Å². The van der Waals surface area contributed by atoms with Crippen LogP contribution in [0, 0.1) is 0 Å². The number of hydrogen-bond donors (Lipinski definition) is 2. The number of rotatable bonds is 7. The van der Waals surface area contributed by atoms with Crippen molar-refractivity contribution in [3.05, 3.63) is 52.6 Å². The molecule has 0 aliphatic carbocycles. The van der Waals surface area contributed by atoms with Gasteiger partial charge in [0.2, 0.25) is 0 Å². The fourth-order valence-corrected chi connectivity index (χ4v) is 2.07. The minimum atomic E-state index is -0.0570. The second-order valence-corrected chi connectivity index (χ2v) is 5.38. The summed E-state index contributed by atoms with van der Waals surface area (Å²) >= 11 is 0. The van der Waals surface area contributed by atoms with Crippen molar-refractivity contribution in [2.45, 2.75) is 40.0 Å². The molecule has 0 saturated carbocycles. The summed E-state index contributed by atoms with van der Waals surface area (Å²) in [6, 6.07) is 1.52. The minimum Gasteiger partial charge on any atom is -0.507 e. The molecule has 22 heavy (non-hydrogen) atoms. The van der Waals surface area contributed by atoms with E-state index in [1.807, 2.05) is 45.1 Å². The number of phenolic OH excluding ortho intramolecular Hbond substituents is 2. The first kappa shape index (κ1) is 17.8. The van der Waals surface area contributed by atoms with E-state index < -0.39 is 0 Å². The van der Waals surface area contributed by atoms with Gasteiger partial charge in [0.25, 0.3) is 0 Å². The van der Waals surface area contributed by atoms with Crippen molar-refractivity contribution in [3.63, 3.8) is 0 Å².